The van der Waals surface area contributed by atoms with Gasteiger partial charge in [-0.1, -0.05) is 24.3 Å². The number of allylic oxidation sites excluding steroid dienone is 2. The Bertz CT molecular complexity index is 684. The molecule has 0 aromatic heterocycles. The monoisotopic (exact) mass is 342 g/mol. The van der Waals surface area contributed by atoms with Gasteiger partial charge in [-0.3, -0.25) is 0 Å². The second-order valence-corrected chi connectivity index (χ2v) is 3.97. The molecule has 0 unspecified atom stereocenters. The van der Waals surface area contributed by atoms with E-state index in [2.05, 4.69) is 6.08 Å². The van der Waals surface area contributed by atoms with Crippen LogP contribution in [0.1, 0.15) is 20.7 Å². The predicted octanol–water partition coefficient (Wildman–Crippen LogP) is 1.99. The van der Waals surface area contributed by atoms with Gasteiger partial charge in [-0.2, -0.15) is 0 Å². The maximum absolute atomic E-state index is 11.7. The zero-order chi connectivity index (χ0) is 12.9. The number of hydrogen-bond donors (Lipinski definition) is 2. The Morgan fingerprint density at radius 2 is 1.42 bits per heavy atom. The number of phenolic OH excluding ortho intramolecular Hbond substituents is 2. The average molecular weight is 342 g/mol. The van der Waals surface area contributed by atoms with E-state index in [0.717, 1.165) is 6.08 Å². The van der Waals surface area contributed by atoms with Crippen molar-refractivity contribution in [1.29, 1.82) is 0 Å². The van der Waals surface area contributed by atoms with Crippen molar-refractivity contribution in [3.05, 3.63) is 47.5 Å². The van der Waals surface area contributed by atoms with E-state index in [4.69, 9.17) is 0 Å². The molecule has 0 atom stereocenters. The topological polar surface area (TPSA) is 74.6 Å². The molecule has 3 rings (SSSR count). The Kier molecular flexibility index (Phi) is 3.25. The van der Waals surface area contributed by atoms with Crippen molar-refractivity contribution in [1.82, 2.24) is 0 Å². The minimum absolute atomic E-state index is 0. The van der Waals surface area contributed by atoms with Gasteiger partial charge in [0.1, 0.15) is 5.75 Å². The van der Waals surface area contributed by atoms with Crippen LogP contribution >= 0.6 is 0 Å². The molecule has 1 radical (unpaired) electrons. The average Bonchev–Trinajstić information content (AvgIpc) is 2.38. The molecule has 0 spiro atoms. The van der Waals surface area contributed by atoms with Crippen molar-refractivity contribution in [2.75, 3.05) is 0 Å². The molecule has 1 aliphatic rings. The summed E-state index contributed by atoms with van der Waals surface area (Å²) >= 11 is 0. The number of hydrogen-bond acceptors (Lipinski definition) is 4. The van der Waals surface area contributed by atoms with E-state index in [9.17, 15) is 19.8 Å². The van der Waals surface area contributed by atoms with Crippen LogP contribution in [0.5, 0.6) is 11.5 Å². The number of carbonyl (C=O) groups is 2. The van der Waals surface area contributed by atoms with Gasteiger partial charge < -0.3 is 19.8 Å². The van der Waals surface area contributed by atoms with Crippen LogP contribution in [0.25, 0.3) is 10.8 Å². The van der Waals surface area contributed by atoms with Gasteiger partial charge in [-0.25, -0.2) is 0 Å². The molecule has 0 amide bonds. The molecule has 19 heavy (non-hydrogen) atoms. The minimum Gasteiger partial charge on any atom is -0.519 e. The first-order valence-corrected chi connectivity index (χ1v) is 5.26. The summed E-state index contributed by atoms with van der Waals surface area (Å²) in [6.45, 7) is 0. The molecule has 4 nitrogen and oxygen atoms in total. The number of fused-ring (bicyclic) bond motifs is 2. The fourth-order valence-electron chi connectivity index (χ4n) is 2.14. The van der Waals surface area contributed by atoms with E-state index in [-0.39, 0.29) is 42.1 Å². The molecule has 0 fully saturated rings. The van der Waals surface area contributed by atoms with Crippen LogP contribution in [0.4, 0.5) is 0 Å². The Morgan fingerprint density at radius 1 is 0.895 bits per heavy atom. The largest absolute Gasteiger partial charge is 0.519 e. The van der Waals surface area contributed by atoms with Crippen molar-refractivity contribution in [3.8, 4) is 11.5 Å². The van der Waals surface area contributed by atoms with Crippen LogP contribution in [0, 0.1) is 6.08 Å². The molecule has 2 N–H and O–H groups in total. The molecule has 0 saturated carbocycles. The smallest absolute Gasteiger partial charge is 0.111 e. The molecule has 5 heteroatoms. The van der Waals surface area contributed by atoms with Gasteiger partial charge in [0.2, 0.25) is 0 Å². The van der Waals surface area contributed by atoms with E-state index in [1.807, 2.05) is 0 Å². The minimum atomic E-state index is -0.608. The Labute approximate surface area is 121 Å². The number of phenols is 2. The fourth-order valence-corrected chi connectivity index (χ4v) is 2.14. The molecule has 2 aromatic carbocycles. The number of carbonyl (C=O) groups excluding carboxylic acids is 2. The summed E-state index contributed by atoms with van der Waals surface area (Å²) in [5, 5.41) is 20.8. The van der Waals surface area contributed by atoms with Crippen molar-refractivity contribution in [2.45, 2.75) is 0 Å². The summed E-state index contributed by atoms with van der Waals surface area (Å²) in [4.78, 5) is 23.4. The van der Waals surface area contributed by atoms with Crippen molar-refractivity contribution >= 4 is 22.3 Å². The standard InChI is InChI=1S/C14H7O4.Rh/c15-9-5-6-10(16)12-11(9)13(17)7-3-1-2-4-8(7)14(12)18;/h1-5,17-18H;/q-1;. The maximum atomic E-state index is 11.7. The van der Waals surface area contributed by atoms with Crippen LogP contribution in [-0.2, 0) is 19.5 Å². The molecule has 0 aliphatic heterocycles. The molecule has 1 aliphatic carbocycles. The normalized spacial score (nSPS) is 13.3. The molecule has 0 saturated heterocycles. The van der Waals surface area contributed by atoms with Crippen molar-refractivity contribution < 1.29 is 39.3 Å². The molecule has 0 bridgehead atoms. The van der Waals surface area contributed by atoms with E-state index in [1.165, 1.54) is 0 Å². The van der Waals surface area contributed by atoms with Crippen LogP contribution in [0.2, 0.25) is 0 Å². The van der Waals surface area contributed by atoms with Crippen LogP contribution in [-0.4, -0.2) is 21.8 Å². The second-order valence-electron chi connectivity index (χ2n) is 3.97. The summed E-state index contributed by atoms with van der Waals surface area (Å²) in [7, 11) is 0. The van der Waals surface area contributed by atoms with E-state index < -0.39 is 11.6 Å². The quantitative estimate of drug-likeness (QED) is 0.436. The number of rotatable bonds is 0. The first-order chi connectivity index (χ1) is 8.61. The van der Waals surface area contributed by atoms with Gasteiger partial charge >= 0.3 is 0 Å². The third-order valence-corrected chi connectivity index (χ3v) is 2.97. The summed E-state index contributed by atoms with van der Waals surface area (Å²) in [6.07, 6.45) is 3.21. The van der Waals surface area contributed by atoms with Crippen LogP contribution in [0.3, 0.4) is 0 Å². The molecule has 97 valence electrons. The van der Waals surface area contributed by atoms with Gasteiger partial charge in [0.15, 0.2) is 0 Å². The Balaban J connectivity index is 0.00000133. The molecule has 2 aromatic rings. The predicted molar refractivity (Wildman–Crippen MR) is 63.8 cm³/mol. The number of aromatic hydroxyl groups is 2. The van der Waals surface area contributed by atoms with Gasteiger partial charge in [0.25, 0.3) is 0 Å². The van der Waals surface area contributed by atoms with Crippen LogP contribution in [0.15, 0.2) is 30.3 Å². The zero-order valence-electron chi connectivity index (χ0n) is 9.43. The van der Waals surface area contributed by atoms with Crippen molar-refractivity contribution in [3.63, 3.8) is 0 Å². The number of ketones is 2. The fraction of sp³-hybridized carbons (Fsp3) is 0. The summed E-state index contributed by atoms with van der Waals surface area (Å²) in [5.74, 6) is -1.72. The number of benzene rings is 2. The van der Waals surface area contributed by atoms with Gasteiger partial charge in [0.05, 0.1) is 17.3 Å². The van der Waals surface area contributed by atoms with Gasteiger partial charge in [-0.05, 0) is 11.1 Å². The van der Waals surface area contributed by atoms with E-state index >= 15 is 0 Å². The third-order valence-electron chi connectivity index (χ3n) is 2.97. The number of Topliss-reactive ketones (excluding diaryl/α,β-unsaturated/α-hetero) is 1. The second kappa shape index (κ2) is 4.59. The zero-order valence-corrected chi connectivity index (χ0v) is 11.1. The third kappa shape index (κ3) is 1.78. The molecule has 0 heterocycles. The summed E-state index contributed by atoms with van der Waals surface area (Å²) in [6, 6.07) is 6.48. The first kappa shape index (κ1) is 13.4. The Hall–Kier alpha value is -2.00. The summed E-state index contributed by atoms with van der Waals surface area (Å²) in [5.41, 5.74) is -0.339. The SMILES string of the molecule is O=C1[C-]=CC(=O)c2c1c(O)c1ccccc1c2O.[Rh]. The van der Waals surface area contributed by atoms with Gasteiger partial charge in [-0.15, -0.1) is 12.2 Å². The van der Waals surface area contributed by atoms with Crippen LogP contribution < -0.4 is 0 Å². The maximum Gasteiger partial charge on any atom is 0.111 e. The molecular weight excluding hydrogens is 335 g/mol. The van der Waals surface area contributed by atoms with Crippen molar-refractivity contribution in [2.24, 2.45) is 0 Å². The first-order valence-electron chi connectivity index (χ1n) is 5.26. The Morgan fingerprint density at radius 3 is 2.00 bits per heavy atom. The summed E-state index contributed by atoms with van der Waals surface area (Å²) < 4.78 is 0. The van der Waals surface area contributed by atoms with Gasteiger partial charge in [0, 0.05) is 30.3 Å². The molecular formula is C14H7O4Rh-. The van der Waals surface area contributed by atoms with E-state index in [1.54, 1.807) is 24.3 Å². The van der Waals surface area contributed by atoms with E-state index in [0.29, 0.717) is 10.8 Å².